The van der Waals surface area contributed by atoms with Crippen molar-refractivity contribution in [2.45, 2.75) is 190 Å². The number of likely N-dealkylation sites (N-methyl/N-ethyl adjacent to an activating group) is 1. The zero-order valence-electron chi connectivity index (χ0n) is 61.3. The number of halogens is 6. The van der Waals surface area contributed by atoms with Crippen molar-refractivity contribution < 1.29 is 71.6 Å². The van der Waals surface area contributed by atoms with Gasteiger partial charge in [-0.15, -0.1) is 0 Å². The number of ether oxygens (including phenoxy) is 5. The fourth-order valence-corrected chi connectivity index (χ4v) is 10.7. The van der Waals surface area contributed by atoms with Crippen LogP contribution in [-0.4, -0.2) is 149 Å². The lowest BCUT2D eigenvalue weighted by Gasteiger charge is -2.22. The third-order valence-electron chi connectivity index (χ3n) is 14.3. The number of nitrogens with zero attached hydrogens (tertiary/aromatic N) is 1. The first kappa shape index (κ1) is 93.3. The predicted molar refractivity (Wildman–Crippen MR) is 403 cm³/mol. The van der Waals surface area contributed by atoms with E-state index in [-0.39, 0.29) is 73.0 Å². The summed E-state index contributed by atoms with van der Waals surface area (Å²) in [5.41, 5.74) is 2.99. The first-order chi connectivity index (χ1) is 48.0. The molecule has 0 spiro atoms. The third-order valence-corrected chi connectivity index (χ3v) is 15.7. The molecular formula is C75H106Cl6N6O15. The molecule has 1 saturated carbocycles. The van der Waals surface area contributed by atoms with E-state index in [2.05, 4.69) is 26.6 Å². The molecule has 0 aliphatic heterocycles. The van der Waals surface area contributed by atoms with Gasteiger partial charge in [0.25, 0.3) is 0 Å². The van der Waals surface area contributed by atoms with Crippen molar-refractivity contribution in [1.82, 2.24) is 31.5 Å². The van der Waals surface area contributed by atoms with Gasteiger partial charge in [-0.05, 0) is 168 Å². The van der Waals surface area contributed by atoms with Crippen LogP contribution in [0.3, 0.4) is 0 Å². The fourth-order valence-electron chi connectivity index (χ4n) is 9.15. The average Bonchev–Trinajstić information content (AvgIpc) is 0.891. The summed E-state index contributed by atoms with van der Waals surface area (Å²) in [6, 6.07) is 20.8. The summed E-state index contributed by atoms with van der Waals surface area (Å²) in [6.07, 6.45) is 9.46. The number of carbonyl (C=O) groups excluding carboxylic acids is 10. The zero-order chi connectivity index (χ0) is 77.0. The Bertz CT molecular complexity index is 3220. The summed E-state index contributed by atoms with van der Waals surface area (Å²) < 4.78 is 25.0. The Morgan fingerprint density at radius 1 is 0.431 bits per heavy atom. The maximum atomic E-state index is 12.0. The van der Waals surface area contributed by atoms with Crippen molar-refractivity contribution in [3.63, 3.8) is 0 Å². The molecule has 4 aromatic carbocycles. The summed E-state index contributed by atoms with van der Waals surface area (Å²) in [6.45, 7) is 22.3. The Balaban J connectivity index is 0.000000638. The van der Waals surface area contributed by atoms with Crippen LogP contribution >= 0.6 is 69.6 Å². The number of benzene rings is 4. The van der Waals surface area contributed by atoms with Gasteiger partial charge in [-0.3, -0.25) is 24.0 Å². The first-order valence-electron chi connectivity index (χ1n) is 34.2. The van der Waals surface area contributed by atoms with Crippen molar-refractivity contribution in [2.75, 3.05) is 54.2 Å². The van der Waals surface area contributed by atoms with Gasteiger partial charge in [0.15, 0.2) is 0 Å². The molecule has 27 heteroatoms. The summed E-state index contributed by atoms with van der Waals surface area (Å²) in [5, 5.41) is 16.3. The molecule has 0 bridgehead atoms. The van der Waals surface area contributed by atoms with Gasteiger partial charge >= 0.3 is 29.8 Å². The molecule has 5 amide bonds. The number of methoxy groups -OCH3 is 1. The van der Waals surface area contributed by atoms with E-state index < -0.39 is 54.1 Å². The topological polar surface area (TPSA) is 280 Å². The highest BCUT2D eigenvalue weighted by atomic mass is 35.5. The van der Waals surface area contributed by atoms with Crippen LogP contribution in [0, 0.1) is 23.7 Å². The number of esters is 5. The number of rotatable bonds is 32. The smallest absolute Gasteiger partial charge is 0.328 e. The van der Waals surface area contributed by atoms with E-state index in [9.17, 15) is 47.9 Å². The van der Waals surface area contributed by atoms with Gasteiger partial charge in [0.2, 0.25) is 29.5 Å². The summed E-state index contributed by atoms with van der Waals surface area (Å²) >= 11 is 35.2. The number of unbranched alkanes of at least 4 members (excludes halogenated alkanes) is 1. The molecule has 0 radical (unpaired) electrons. The van der Waals surface area contributed by atoms with E-state index in [1.54, 1.807) is 100 Å². The lowest BCUT2D eigenvalue weighted by atomic mass is 9.87. The van der Waals surface area contributed by atoms with E-state index in [0.717, 1.165) is 36.8 Å². The van der Waals surface area contributed by atoms with E-state index in [1.165, 1.54) is 26.4 Å². The molecule has 21 nitrogen and oxygen atoms in total. The lowest BCUT2D eigenvalue weighted by Crippen LogP contribution is -2.42. The van der Waals surface area contributed by atoms with Gasteiger partial charge in [-0.1, -0.05) is 174 Å². The molecule has 5 atom stereocenters. The average molecular weight is 1540 g/mol. The Labute approximate surface area is 633 Å². The predicted octanol–water partition coefficient (Wildman–Crippen LogP) is 13.4. The fraction of sp³-hybridized carbons (Fsp3) is 0.547. The van der Waals surface area contributed by atoms with E-state index in [1.807, 2.05) is 79.6 Å². The largest absolute Gasteiger partial charge is 0.467 e. The third kappa shape index (κ3) is 45.4. The summed E-state index contributed by atoms with van der Waals surface area (Å²) in [5.74, 6) is -1.79. The molecule has 1 fully saturated rings. The molecule has 1 aliphatic rings. The minimum atomic E-state index is -0.689. The normalized spacial score (nSPS) is 13.1. The second-order valence-electron chi connectivity index (χ2n) is 26.2. The Morgan fingerprint density at radius 2 is 0.765 bits per heavy atom. The minimum Gasteiger partial charge on any atom is -0.467 e. The second kappa shape index (κ2) is 52.3. The van der Waals surface area contributed by atoms with Crippen LogP contribution in [0.25, 0.3) is 0 Å². The maximum Gasteiger partial charge on any atom is 0.328 e. The number of hydrogen-bond donors (Lipinski definition) is 5. The van der Waals surface area contributed by atoms with Crippen molar-refractivity contribution in [1.29, 1.82) is 0 Å². The van der Waals surface area contributed by atoms with Crippen LogP contribution in [-0.2, 0) is 97.3 Å². The second-order valence-corrected chi connectivity index (χ2v) is 28.8. The number of carbonyl (C=O) groups is 10. The van der Waals surface area contributed by atoms with E-state index in [0.29, 0.717) is 98.9 Å². The monoisotopic (exact) mass is 1540 g/mol. The maximum absolute atomic E-state index is 12.0. The SMILES string of the molecule is CC(C)COC(=O)[C@H](C)NC(=O)CC1CCCCC1.CC(C)COC(=O)[C@H](C)NC(=O)Cc1cc(Cl)cc(Cl)c1.CC(C)COC(=O)[C@H](C)NC(=O)Cc1cccc(Cl)c1.CCCCC(NC(=O)Cc1cc(Cl)cc(Cl)c1)C(=O)OC.C[C@H](NC(=O)Cc1cccc(Cl)c1)C(=O)OCCN(C)C. The molecule has 568 valence electrons. The van der Waals surface area contributed by atoms with Crippen LogP contribution in [0.1, 0.15) is 156 Å². The van der Waals surface area contributed by atoms with Gasteiger partial charge in [0, 0.05) is 43.1 Å². The van der Waals surface area contributed by atoms with Crippen LogP contribution < -0.4 is 26.6 Å². The standard InChI is InChI=1S/2C15H19Cl2NO3.C15H21ClN2O3.C15H20ClNO3.C15H27NO3/c1-9(2)8-21-15(20)10(3)18-14(19)6-11-4-12(16)7-13(17)5-11;1-3-4-5-13(15(20)21-2)18-14(19)8-10-6-11(16)9-12(17)7-10;1-11(15(20)21-8-7-18(2)3)17-14(19)10-12-5-4-6-13(16)9-12;1-10(2)9-20-15(19)11(3)17-14(18)8-12-5-4-6-13(16)7-12;1-11(2)10-19-15(18)12(3)16-14(17)9-13-7-5-4-6-8-13/h4-5,7,9-10H,6,8H2,1-3H3,(H,18,19);6-7,9,13H,3-5,8H2,1-2H3,(H,18,19);4-6,9,11H,7-8,10H2,1-3H3,(H,17,19);4-7,10-11H,8-9H2,1-3H3,(H,17,18);11-13H,4-10H2,1-3H3,(H,16,17)/t10-;;2*11-;12-/m0.000/s1. The van der Waals surface area contributed by atoms with Gasteiger partial charge in [-0.2, -0.15) is 0 Å². The molecule has 1 unspecified atom stereocenters. The highest BCUT2D eigenvalue weighted by Gasteiger charge is 2.25. The highest BCUT2D eigenvalue weighted by Crippen LogP contribution is 2.26. The van der Waals surface area contributed by atoms with Crippen LogP contribution in [0.5, 0.6) is 0 Å². The Morgan fingerprint density at radius 3 is 1.10 bits per heavy atom. The quantitative estimate of drug-likeness (QED) is 0.0224. The molecule has 102 heavy (non-hydrogen) atoms. The van der Waals surface area contributed by atoms with Crippen LogP contribution in [0.15, 0.2) is 84.9 Å². The summed E-state index contributed by atoms with van der Waals surface area (Å²) in [4.78, 5) is 120. The molecule has 0 aromatic heterocycles. The van der Waals surface area contributed by atoms with Crippen LogP contribution in [0.4, 0.5) is 0 Å². The number of amides is 5. The van der Waals surface area contributed by atoms with Crippen molar-refractivity contribution in [2.24, 2.45) is 23.7 Å². The minimum absolute atomic E-state index is 0.0269. The number of nitrogens with one attached hydrogen (secondary N) is 5. The van der Waals surface area contributed by atoms with E-state index >= 15 is 0 Å². The van der Waals surface area contributed by atoms with Gasteiger partial charge < -0.3 is 55.2 Å². The number of hydrogen-bond acceptors (Lipinski definition) is 16. The Hall–Kier alpha value is -6.72. The van der Waals surface area contributed by atoms with Crippen molar-refractivity contribution in [3.05, 3.63) is 137 Å². The molecule has 5 N–H and O–H groups in total. The van der Waals surface area contributed by atoms with Gasteiger partial charge in [0.1, 0.15) is 36.8 Å². The lowest BCUT2D eigenvalue weighted by molar-refractivity contribution is -0.148. The highest BCUT2D eigenvalue weighted by molar-refractivity contribution is 6.35. The van der Waals surface area contributed by atoms with E-state index in [4.69, 9.17) is 93.3 Å². The molecular weight excluding hydrogens is 1440 g/mol. The first-order valence-corrected chi connectivity index (χ1v) is 36.5. The molecule has 0 saturated heterocycles. The zero-order valence-corrected chi connectivity index (χ0v) is 65.9. The molecule has 4 aromatic rings. The Kier molecular flexibility index (Phi) is 47.8. The van der Waals surface area contributed by atoms with Crippen molar-refractivity contribution in [3.8, 4) is 0 Å². The van der Waals surface area contributed by atoms with Gasteiger partial charge in [0.05, 0.1) is 52.6 Å². The molecule has 5 rings (SSSR count). The van der Waals surface area contributed by atoms with Crippen molar-refractivity contribution >= 4 is 129 Å². The van der Waals surface area contributed by atoms with Gasteiger partial charge in [-0.25, -0.2) is 24.0 Å². The van der Waals surface area contributed by atoms with Crippen LogP contribution in [0.2, 0.25) is 30.1 Å². The molecule has 0 heterocycles. The summed E-state index contributed by atoms with van der Waals surface area (Å²) in [7, 11) is 5.10. The molecule has 1 aliphatic carbocycles.